The van der Waals surface area contributed by atoms with Crippen molar-refractivity contribution in [2.45, 2.75) is 108 Å². The first-order valence-corrected chi connectivity index (χ1v) is 12.7. The average Bonchev–Trinajstić information content (AvgIpc) is 3.05. The van der Waals surface area contributed by atoms with E-state index >= 15 is 0 Å². The van der Waals surface area contributed by atoms with Crippen molar-refractivity contribution in [3.63, 3.8) is 0 Å². The second-order valence-corrected chi connectivity index (χ2v) is 10.1. The molecule has 1 aromatic heterocycles. The van der Waals surface area contributed by atoms with Crippen LogP contribution >= 0.6 is 0 Å². The van der Waals surface area contributed by atoms with Crippen LogP contribution in [0.3, 0.4) is 0 Å². The van der Waals surface area contributed by atoms with Gasteiger partial charge in [0.05, 0.1) is 11.0 Å². The summed E-state index contributed by atoms with van der Waals surface area (Å²) >= 11 is 0. The molecule has 2 bridgehead atoms. The second-order valence-electron chi connectivity index (χ2n) is 10.1. The molecule has 2 aliphatic heterocycles. The summed E-state index contributed by atoms with van der Waals surface area (Å²) in [6, 6.07) is 9.18. The molecule has 1 aromatic carbocycles. The second kappa shape index (κ2) is 9.34. The predicted octanol–water partition coefficient (Wildman–Crippen LogP) is 5.16. The summed E-state index contributed by atoms with van der Waals surface area (Å²) in [5.41, 5.74) is 0.546. The predicted molar refractivity (Wildman–Crippen MR) is 125 cm³/mol. The molecule has 6 heteroatoms. The van der Waals surface area contributed by atoms with Crippen LogP contribution in [0.1, 0.15) is 100 Å². The molecule has 32 heavy (non-hydrogen) atoms. The molecule has 2 aromatic rings. The molecular weight excluding hydrogens is 402 g/mol. The van der Waals surface area contributed by atoms with Gasteiger partial charge in [0.1, 0.15) is 0 Å². The molecule has 2 unspecified atom stereocenters. The molecule has 1 N–H and O–H groups in total. The number of hydrogen-bond donors (Lipinski definition) is 1. The number of para-hydroxylation sites is 2. The molecule has 0 spiro atoms. The Morgan fingerprint density at radius 1 is 0.812 bits per heavy atom. The summed E-state index contributed by atoms with van der Waals surface area (Å²) in [6.45, 7) is 0. The Kier molecular flexibility index (Phi) is 6.31. The number of carboxylic acids is 1. The van der Waals surface area contributed by atoms with Crippen molar-refractivity contribution in [3.8, 4) is 0 Å². The molecule has 2 atom stereocenters. The maximum atomic E-state index is 13.2. The molecule has 1 saturated carbocycles. The highest BCUT2D eigenvalue weighted by Gasteiger charge is 2.44. The van der Waals surface area contributed by atoms with Crippen molar-refractivity contribution < 1.29 is 9.90 Å². The van der Waals surface area contributed by atoms with E-state index < -0.39 is 11.5 Å². The summed E-state index contributed by atoms with van der Waals surface area (Å²) in [5, 5.41) is 9.58. The summed E-state index contributed by atoms with van der Waals surface area (Å²) in [4.78, 5) is 31.9. The highest BCUT2D eigenvalue weighted by atomic mass is 16.4. The minimum atomic E-state index is -1.24. The summed E-state index contributed by atoms with van der Waals surface area (Å²) in [5.74, 6) is -1.24. The van der Waals surface area contributed by atoms with Gasteiger partial charge in [0, 0.05) is 24.2 Å². The first-order chi connectivity index (χ1) is 15.6. The number of carbonyl (C=O) groups is 1. The van der Waals surface area contributed by atoms with Gasteiger partial charge < -0.3 is 9.67 Å². The lowest BCUT2D eigenvalue weighted by Gasteiger charge is -2.44. The van der Waals surface area contributed by atoms with E-state index in [0.717, 1.165) is 18.4 Å². The topological polar surface area (TPSA) is 75.4 Å². The van der Waals surface area contributed by atoms with Gasteiger partial charge in [-0.1, -0.05) is 57.1 Å². The van der Waals surface area contributed by atoms with Crippen LogP contribution in [0, 0.1) is 0 Å². The van der Waals surface area contributed by atoms with Crippen molar-refractivity contribution in [1.82, 2.24) is 14.5 Å². The first kappa shape index (κ1) is 21.6. The zero-order valence-corrected chi connectivity index (χ0v) is 18.9. The molecule has 3 aliphatic rings. The maximum Gasteiger partial charge on any atom is 0.360 e. The molecule has 6 nitrogen and oxygen atoms in total. The van der Waals surface area contributed by atoms with Gasteiger partial charge in [0.25, 0.3) is 5.56 Å². The van der Waals surface area contributed by atoms with E-state index in [0.29, 0.717) is 23.6 Å². The van der Waals surface area contributed by atoms with E-state index in [1.54, 1.807) is 4.57 Å². The lowest BCUT2D eigenvalue weighted by molar-refractivity contribution is 0.0508. The molecule has 5 rings (SSSR count). The zero-order chi connectivity index (χ0) is 22.1. The largest absolute Gasteiger partial charge is 0.476 e. The standard InChI is InChI=1S/C26H35N3O3/c30-25-24(26(31)32)27-22-12-8-9-13-23(22)29(25)21-16-19-14-15-20(17-21)28(19)18-10-6-4-2-1-3-5-7-11-18/h8-9,12-13,18-21H,1-7,10-11,14-17H2,(H,31,32). The van der Waals surface area contributed by atoms with E-state index in [4.69, 9.17) is 0 Å². The maximum absolute atomic E-state index is 13.2. The van der Waals surface area contributed by atoms with E-state index in [-0.39, 0.29) is 11.7 Å². The molecule has 3 heterocycles. The van der Waals surface area contributed by atoms with Crippen LogP contribution in [-0.4, -0.2) is 43.7 Å². The fourth-order valence-corrected chi connectivity index (χ4v) is 6.73. The van der Waals surface area contributed by atoms with Crippen LogP contribution in [0.4, 0.5) is 0 Å². The third-order valence-corrected chi connectivity index (χ3v) is 8.12. The lowest BCUT2D eigenvalue weighted by atomic mass is 9.90. The highest BCUT2D eigenvalue weighted by molar-refractivity contribution is 5.88. The zero-order valence-electron chi connectivity index (χ0n) is 18.9. The van der Waals surface area contributed by atoms with Crippen molar-refractivity contribution in [2.75, 3.05) is 0 Å². The number of hydrogen-bond acceptors (Lipinski definition) is 4. The van der Waals surface area contributed by atoms with Gasteiger partial charge in [0.15, 0.2) is 0 Å². The third kappa shape index (κ3) is 4.09. The number of aromatic nitrogens is 2. The fraction of sp³-hybridized carbons (Fsp3) is 0.654. The van der Waals surface area contributed by atoms with Gasteiger partial charge in [-0.25, -0.2) is 9.78 Å². The van der Waals surface area contributed by atoms with E-state index in [1.807, 2.05) is 24.3 Å². The van der Waals surface area contributed by atoms with Crippen LogP contribution in [-0.2, 0) is 0 Å². The van der Waals surface area contributed by atoms with Gasteiger partial charge in [-0.05, 0) is 50.7 Å². The monoisotopic (exact) mass is 437 g/mol. The average molecular weight is 438 g/mol. The number of benzene rings is 1. The minimum Gasteiger partial charge on any atom is -0.476 e. The van der Waals surface area contributed by atoms with E-state index in [9.17, 15) is 14.7 Å². The molecule has 2 saturated heterocycles. The normalized spacial score (nSPS) is 28.1. The number of aromatic carboxylic acids is 1. The van der Waals surface area contributed by atoms with E-state index in [1.165, 1.54) is 70.6 Å². The van der Waals surface area contributed by atoms with Crippen LogP contribution in [0.2, 0.25) is 0 Å². The third-order valence-electron chi connectivity index (χ3n) is 8.12. The molecule has 172 valence electrons. The summed E-state index contributed by atoms with van der Waals surface area (Å²) in [6.07, 6.45) is 16.4. The number of nitrogens with zero attached hydrogens (tertiary/aromatic N) is 3. The summed E-state index contributed by atoms with van der Waals surface area (Å²) < 4.78 is 1.77. The number of fused-ring (bicyclic) bond motifs is 3. The number of carboxylic acid groups (broad SMARTS) is 1. The Morgan fingerprint density at radius 2 is 1.41 bits per heavy atom. The Labute approximate surface area is 189 Å². The van der Waals surface area contributed by atoms with Gasteiger partial charge in [-0.2, -0.15) is 0 Å². The smallest absolute Gasteiger partial charge is 0.360 e. The molecular formula is C26H35N3O3. The number of rotatable bonds is 3. The van der Waals surface area contributed by atoms with Crippen LogP contribution in [0.5, 0.6) is 0 Å². The van der Waals surface area contributed by atoms with Crippen molar-refractivity contribution in [1.29, 1.82) is 0 Å². The fourth-order valence-electron chi connectivity index (χ4n) is 6.73. The van der Waals surface area contributed by atoms with Crippen molar-refractivity contribution >= 4 is 17.0 Å². The Balaban J connectivity index is 1.43. The SMILES string of the molecule is O=C(O)c1nc2ccccc2n(C2CC3CCC(C2)N3C2CCCCCCCCC2)c1=O. The lowest BCUT2D eigenvalue weighted by Crippen LogP contribution is -2.50. The van der Waals surface area contributed by atoms with Crippen molar-refractivity contribution in [2.24, 2.45) is 0 Å². The Bertz CT molecular complexity index is 1010. The van der Waals surface area contributed by atoms with Gasteiger partial charge in [0.2, 0.25) is 5.69 Å². The quantitative estimate of drug-likeness (QED) is 0.718. The van der Waals surface area contributed by atoms with E-state index in [2.05, 4.69) is 9.88 Å². The number of piperidine rings is 1. The Morgan fingerprint density at radius 3 is 2.03 bits per heavy atom. The first-order valence-electron chi connectivity index (χ1n) is 12.7. The molecule has 3 fully saturated rings. The molecule has 0 amide bonds. The Hall–Kier alpha value is -2.21. The van der Waals surface area contributed by atoms with Crippen LogP contribution < -0.4 is 5.56 Å². The summed E-state index contributed by atoms with van der Waals surface area (Å²) in [7, 11) is 0. The van der Waals surface area contributed by atoms with Crippen LogP contribution in [0.15, 0.2) is 29.1 Å². The molecule has 1 aliphatic carbocycles. The minimum absolute atomic E-state index is 0.0433. The van der Waals surface area contributed by atoms with Gasteiger partial charge in [-0.3, -0.25) is 9.69 Å². The molecule has 0 radical (unpaired) electrons. The van der Waals surface area contributed by atoms with Crippen molar-refractivity contribution in [3.05, 3.63) is 40.3 Å². The van der Waals surface area contributed by atoms with Crippen LogP contribution in [0.25, 0.3) is 11.0 Å². The highest BCUT2D eigenvalue weighted by Crippen LogP contribution is 2.44. The van der Waals surface area contributed by atoms with Gasteiger partial charge >= 0.3 is 5.97 Å². The van der Waals surface area contributed by atoms with Gasteiger partial charge in [-0.15, -0.1) is 0 Å².